The maximum absolute atomic E-state index is 11.7. The highest BCUT2D eigenvalue weighted by Gasteiger charge is 2.29. The van der Waals surface area contributed by atoms with Crippen LogP contribution in [0.15, 0.2) is 0 Å². The molecule has 0 aliphatic rings. The molecule has 20 heavy (non-hydrogen) atoms. The van der Waals surface area contributed by atoms with Crippen LogP contribution in [0.3, 0.4) is 0 Å². The molecule has 0 aromatic rings. The molecule has 0 rings (SSSR count). The van der Waals surface area contributed by atoms with Crippen molar-refractivity contribution in [2.75, 3.05) is 19.7 Å². The summed E-state index contributed by atoms with van der Waals surface area (Å²) in [6.07, 6.45) is 2.70. The zero-order valence-corrected chi connectivity index (χ0v) is 14.2. The summed E-state index contributed by atoms with van der Waals surface area (Å²) in [5, 5.41) is 0. The van der Waals surface area contributed by atoms with Gasteiger partial charge in [-0.2, -0.15) is 0 Å². The van der Waals surface area contributed by atoms with Gasteiger partial charge in [-0.05, 0) is 59.4 Å². The minimum atomic E-state index is -0.850. The van der Waals surface area contributed by atoms with Gasteiger partial charge < -0.3 is 15.4 Å². The van der Waals surface area contributed by atoms with Crippen LogP contribution in [-0.2, 0) is 9.53 Å². The number of ether oxygens (including phenoxy) is 1. The molecule has 0 aliphatic heterocycles. The van der Waals surface area contributed by atoms with E-state index in [-0.39, 0.29) is 5.97 Å². The number of nitrogens with zero attached hydrogens (tertiary/aromatic N) is 1. The maximum atomic E-state index is 11.7. The number of hydrogen-bond acceptors (Lipinski definition) is 4. The van der Waals surface area contributed by atoms with Crippen molar-refractivity contribution in [2.45, 2.75) is 72.4 Å². The maximum Gasteiger partial charge on any atom is 0.325 e. The summed E-state index contributed by atoms with van der Waals surface area (Å²) in [6.45, 7) is 15.1. The quantitative estimate of drug-likeness (QED) is 0.495. The summed E-state index contributed by atoms with van der Waals surface area (Å²) in [5.41, 5.74) is 5.17. The van der Waals surface area contributed by atoms with Crippen LogP contribution < -0.4 is 5.73 Å². The Kier molecular flexibility index (Phi) is 9.06. The highest BCUT2D eigenvalue weighted by atomic mass is 16.5. The van der Waals surface area contributed by atoms with Crippen LogP contribution in [0.1, 0.15) is 60.8 Å². The Bertz CT molecular complexity index is 276. The average Bonchev–Trinajstić information content (AvgIpc) is 2.32. The highest BCUT2D eigenvalue weighted by Crippen LogP contribution is 2.14. The largest absolute Gasteiger partial charge is 0.465 e. The molecule has 1 unspecified atom stereocenters. The molecule has 0 spiro atoms. The van der Waals surface area contributed by atoms with E-state index in [9.17, 15) is 4.79 Å². The molecule has 0 aliphatic carbocycles. The summed E-state index contributed by atoms with van der Waals surface area (Å²) in [5.74, 6) is 0.389. The number of carbonyl (C=O) groups is 1. The van der Waals surface area contributed by atoms with Gasteiger partial charge in [-0.3, -0.25) is 4.79 Å². The number of nitrogens with two attached hydrogens (primary N) is 1. The Morgan fingerprint density at radius 3 is 2.30 bits per heavy atom. The molecule has 0 amide bonds. The van der Waals surface area contributed by atoms with Gasteiger partial charge in [0, 0.05) is 12.6 Å². The third-order valence-corrected chi connectivity index (χ3v) is 3.46. The Balaban J connectivity index is 4.07. The fraction of sp³-hybridized carbons (Fsp3) is 0.938. The predicted molar refractivity (Wildman–Crippen MR) is 84.6 cm³/mol. The molecular formula is C16H34N2O2. The lowest BCUT2D eigenvalue weighted by atomic mass is 9.96. The zero-order valence-electron chi connectivity index (χ0n) is 14.2. The average molecular weight is 286 g/mol. The fourth-order valence-corrected chi connectivity index (χ4v) is 2.23. The van der Waals surface area contributed by atoms with E-state index >= 15 is 0 Å². The van der Waals surface area contributed by atoms with E-state index in [4.69, 9.17) is 10.5 Å². The Morgan fingerprint density at radius 1 is 1.25 bits per heavy atom. The van der Waals surface area contributed by atoms with Gasteiger partial charge in [-0.1, -0.05) is 13.8 Å². The van der Waals surface area contributed by atoms with E-state index in [0.29, 0.717) is 25.0 Å². The first-order valence-corrected chi connectivity index (χ1v) is 7.90. The first-order chi connectivity index (χ1) is 9.20. The minimum Gasteiger partial charge on any atom is -0.465 e. The number of hydrogen-bond donors (Lipinski definition) is 1. The van der Waals surface area contributed by atoms with Crippen LogP contribution in [0.4, 0.5) is 0 Å². The van der Waals surface area contributed by atoms with E-state index in [2.05, 4.69) is 32.6 Å². The number of esters is 1. The number of carbonyl (C=O) groups excluding carboxylic acids is 1. The Hall–Kier alpha value is -0.610. The van der Waals surface area contributed by atoms with E-state index in [1.807, 2.05) is 0 Å². The van der Waals surface area contributed by atoms with Gasteiger partial charge in [0.2, 0.25) is 0 Å². The van der Waals surface area contributed by atoms with Crippen molar-refractivity contribution in [3.8, 4) is 0 Å². The van der Waals surface area contributed by atoms with Gasteiger partial charge in [-0.15, -0.1) is 0 Å². The van der Waals surface area contributed by atoms with Gasteiger partial charge in [0.1, 0.15) is 5.54 Å². The zero-order chi connectivity index (χ0) is 15.8. The molecular weight excluding hydrogens is 252 g/mol. The lowest BCUT2D eigenvalue weighted by molar-refractivity contribution is -0.149. The smallest absolute Gasteiger partial charge is 0.325 e. The standard InChI is InChI=1S/C16H34N2O2/c1-7-20-15(19)16(6,17)10-8-9-11-18(14(4)5)12-13(2)3/h13-14H,7-12,17H2,1-6H3. The van der Waals surface area contributed by atoms with Gasteiger partial charge in [0.05, 0.1) is 6.61 Å². The Labute approximate surface area is 125 Å². The first-order valence-electron chi connectivity index (χ1n) is 7.90. The van der Waals surface area contributed by atoms with Crippen molar-refractivity contribution in [1.29, 1.82) is 0 Å². The summed E-state index contributed by atoms with van der Waals surface area (Å²) in [6, 6.07) is 0.562. The molecule has 0 saturated carbocycles. The van der Waals surface area contributed by atoms with Crippen molar-refractivity contribution in [1.82, 2.24) is 4.90 Å². The van der Waals surface area contributed by atoms with Crippen LogP contribution in [0.5, 0.6) is 0 Å². The second kappa shape index (κ2) is 9.35. The third-order valence-electron chi connectivity index (χ3n) is 3.46. The van der Waals surface area contributed by atoms with Crippen LogP contribution in [-0.4, -0.2) is 42.1 Å². The van der Waals surface area contributed by atoms with Crippen molar-refractivity contribution in [3.63, 3.8) is 0 Å². The van der Waals surface area contributed by atoms with Crippen LogP contribution in [0, 0.1) is 5.92 Å². The van der Waals surface area contributed by atoms with Crippen LogP contribution >= 0.6 is 0 Å². The van der Waals surface area contributed by atoms with E-state index < -0.39 is 5.54 Å². The van der Waals surface area contributed by atoms with Gasteiger partial charge >= 0.3 is 5.97 Å². The van der Waals surface area contributed by atoms with Crippen LogP contribution in [0.25, 0.3) is 0 Å². The van der Waals surface area contributed by atoms with E-state index in [1.165, 1.54) is 0 Å². The molecule has 0 fully saturated rings. The number of rotatable bonds is 10. The first kappa shape index (κ1) is 19.4. The highest BCUT2D eigenvalue weighted by molar-refractivity contribution is 5.79. The minimum absolute atomic E-state index is 0.289. The molecule has 0 aromatic carbocycles. The van der Waals surface area contributed by atoms with Crippen molar-refractivity contribution in [3.05, 3.63) is 0 Å². The van der Waals surface area contributed by atoms with Gasteiger partial charge in [0.25, 0.3) is 0 Å². The molecule has 1 atom stereocenters. The lowest BCUT2D eigenvalue weighted by Crippen LogP contribution is -2.46. The molecule has 0 bridgehead atoms. The predicted octanol–water partition coefficient (Wildman–Crippen LogP) is 2.80. The van der Waals surface area contributed by atoms with E-state index in [1.54, 1.807) is 13.8 Å². The molecule has 120 valence electrons. The second-order valence-electron chi connectivity index (χ2n) is 6.58. The van der Waals surface area contributed by atoms with Crippen molar-refractivity contribution in [2.24, 2.45) is 11.7 Å². The number of unbranched alkanes of at least 4 members (excludes halogenated alkanes) is 1. The SMILES string of the molecule is CCOC(=O)C(C)(N)CCCCN(CC(C)C)C(C)C. The van der Waals surface area contributed by atoms with Crippen molar-refractivity contribution >= 4 is 5.97 Å². The molecule has 0 aromatic heterocycles. The normalized spacial score (nSPS) is 14.9. The second-order valence-corrected chi connectivity index (χ2v) is 6.58. The molecule has 4 heteroatoms. The monoisotopic (exact) mass is 286 g/mol. The molecule has 4 nitrogen and oxygen atoms in total. The van der Waals surface area contributed by atoms with Crippen LogP contribution in [0.2, 0.25) is 0 Å². The summed E-state index contributed by atoms with van der Waals surface area (Å²) in [4.78, 5) is 14.2. The van der Waals surface area contributed by atoms with Crippen molar-refractivity contribution < 1.29 is 9.53 Å². The summed E-state index contributed by atoms with van der Waals surface area (Å²) >= 11 is 0. The summed E-state index contributed by atoms with van der Waals surface area (Å²) in [7, 11) is 0. The molecule has 0 saturated heterocycles. The topological polar surface area (TPSA) is 55.6 Å². The fourth-order valence-electron chi connectivity index (χ4n) is 2.23. The third kappa shape index (κ3) is 7.85. The van der Waals surface area contributed by atoms with Gasteiger partial charge in [-0.25, -0.2) is 0 Å². The van der Waals surface area contributed by atoms with E-state index in [0.717, 1.165) is 25.9 Å². The molecule has 2 N–H and O–H groups in total. The van der Waals surface area contributed by atoms with Gasteiger partial charge in [0.15, 0.2) is 0 Å². The lowest BCUT2D eigenvalue weighted by Gasteiger charge is -2.29. The molecule has 0 heterocycles. The summed E-state index contributed by atoms with van der Waals surface area (Å²) < 4.78 is 5.00. The Morgan fingerprint density at radius 2 is 1.85 bits per heavy atom. The molecule has 0 radical (unpaired) electrons.